The van der Waals surface area contributed by atoms with Gasteiger partial charge in [0.1, 0.15) is 0 Å². The minimum absolute atomic E-state index is 0.00423. The number of hydrogen-bond donors (Lipinski definition) is 2. The molecule has 0 bridgehead atoms. The lowest BCUT2D eigenvalue weighted by molar-refractivity contribution is -0.122. The van der Waals surface area contributed by atoms with Gasteiger partial charge in [-0.1, -0.05) is 6.92 Å². The summed E-state index contributed by atoms with van der Waals surface area (Å²) in [6.45, 7) is 5.09. The molecule has 0 aromatic heterocycles. The van der Waals surface area contributed by atoms with Crippen LogP contribution in [0.2, 0.25) is 0 Å². The van der Waals surface area contributed by atoms with Crippen LogP contribution in [0.25, 0.3) is 0 Å². The number of hydrogen-bond acceptors (Lipinski definition) is 3. The van der Waals surface area contributed by atoms with E-state index in [-0.39, 0.29) is 11.9 Å². The Labute approximate surface area is 98.6 Å². The maximum atomic E-state index is 11.4. The molecule has 1 aliphatic rings. The van der Waals surface area contributed by atoms with Gasteiger partial charge in [-0.15, -0.1) is 0 Å². The number of carbonyl (C=O) groups excluding carboxylic acids is 1. The summed E-state index contributed by atoms with van der Waals surface area (Å²) in [7, 11) is 2.16. The Hall–Kier alpha value is -0.610. The first-order valence-electron chi connectivity index (χ1n) is 6.35. The number of carbonyl (C=O) groups is 1. The summed E-state index contributed by atoms with van der Waals surface area (Å²) in [6.07, 6.45) is 4.31. The van der Waals surface area contributed by atoms with E-state index in [0.717, 1.165) is 18.9 Å². The molecule has 4 heteroatoms. The van der Waals surface area contributed by atoms with Crippen LogP contribution < -0.4 is 11.1 Å². The minimum Gasteiger partial charge on any atom is -0.355 e. The van der Waals surface area contributed by atoms with Crippen molar-refractivity contribution >= 4 is 5.91 Å². The number of piperidine rings is 1. The van der Waals surface area contributed by atoms with E-state index in [1.165, 1.54) is 25.9 Å². The first-order chi connectivity index (χ1) is 7.63. The van der Waals surface area contributed by atoms with Crippen molar-refractivity contribution in [1.29, 1.82) is 0 Å². The fraction of sp³-hybridized carbons (Fsp3) is 0.917. The number of nitrogens with one attached hydrogen (secondary N) is 1. The third-order valence-corrected chi connectivity index (χ3v) is 3.47. The van der Waals surface area contributed by atoms with E-state index in [1.807, 2.05) is 6.92 Å². The first kappa shape index (κ1) is 13.5. The molecular weight excluding hydrogens is 202 g/mol. The second kappa shape index (κ2) is 6.86. The summed E-state index contributed by atoms with van der Waals surface area (Å²) in [5.41, 5.74) is 5.64. The van der Waals surface area contributed by atoms with Gasteiger partial charge in [0.25, 0.3) is 0 Å². The van der Waals surface area contributed by atoms with E-state index in [0.29, 0.717) is 6.42 Å². The minimum atomic E-state index is -0.336. The zero-order valence-electron chi connectivity index (χ0n) is 10.5. The molecule has 94 valence electrons. The van der Waals surface area contributed by atoms with Crippen LogP contribution in [0.4, 0.5) is 0 Å². The Morgan fingerprint density at radius 1 is 1.50 bits per heavy atom. The first-order valence-corrected chi connectivity index (χ1v) is 6.35. The topological polar surface area (TPSA) is 58.4 Å². The lowest BCUT2D eigenvalue weighted by Gasteiger charge is -2.28. The van der Waals surface area contributed by atoms with Crippen molar-refractivity contribution < 1.29 is 4.79 Å². The van der Waals surface area contributed by atoms with Crippen LogP contribution in [-0.4, -0.2) is 43.5 Å². The Morgan fingerprint density at radius 3 is 2.69 bits per heavy atom. The summed E-state index contributed by atoms with van der Waals surface area (Å²) in [4.78, 5) is 13.8. The molecule has 4 nitrogen and oxygen atoms in total. The molecule has 1 fully saturated rings. The molecule has 16 heavy (non-hydrogen) atoms. The van der Waals surface area contributed by atoms with Crippen LogP contribution in [0.3, 0.4) is 0 Å². The van der Waals surface area contributed by atoms with E-state index in [2.05, 4.69) is 17.3 Å². The van der Waals surface area contributed by atoms with Gasteiger partial charge in [-0.25, -0.2) is 0 Å². The van der Waals surface area contributed by atoms with Gasteiger partial charge in [0.2, 0.25) is 5.91 Å². The van der Waals surface area contributed by atoms with Gasteiger partial charge < -0.3 is 16.0 Å². The van der Waals surface area contributed by atoms with Crippen LogP contribution in [0.5, 0.6) is 0 Å². The SMILES string of the molecule is CCC(N)C(=O)NCCC1CCN(C)CC1. The van der Waals surface area contributed by atoms with Gasteiger partial charge in [0.05, 0.1) is 6.04 Å². The largest absolute Gasteiger partial charge is 0.355 e. The van der Waals surface area contributed by atoms with Crippen LogP contribution in [0, 0.1) is 5.92 Å². The second-order valence-corrected chi connectivity index (χ2v) is 4.84. The fourth-order valence-corrected chi connectivity index (χ4v) is 2.07. The predicted octanol–water partition coefficient (Wildman–Crippen LogP) is 0.572. The molecule has 1 rings (SSSR count). The summed E-state index contributed by atoms with van der Waals surface area (Å²) in [5.74, 6) is 0.768. The van der Waals surface area contributed by atoms with Crippen molar-refractivity contribution in [2.75, 3.05) is 26.7 Å². The van der Waals surface area contributed by atoms with Crippen molar-refractivity contribution in [1.82, 2.24) is 10.2 Å². The summed E-state index contributed by atoms with van der Waals surface area (Å²) >= 11 is 0. The second-order valence-electron chi connectivity index (χ2n) is 4.84. The molecule has 3 N–H and O–H groups in total. The summed E-state index contributed by atoms with van der Waals surface area (Å²) < 4.78 is 0. The van der Waals surface area contributed by atoms with Gasteiger partial charge in [-0.05, 0) is 51.7 Å². The van der Waals surface area contributed by atoms with Gasteiger partial charge in [0.15, 0.2) is 0 Å². The quantitative estimate of drug-likeness (QED) is 0.722. The zero-order valence-corrected chi connectivity index (χ0v) is 10.5. The third-order valence-electron chi connectivity index (χ3n) is 3.47. The van der Waals surface area contributed by atoms with Crippen molar-refractivity contribution in [3.05, 3.63) is 0 Å². The number of likely N-dealkylation sites (tertiary alicyclic amines) is 1. The van der Waals surface area contributed by atoms with Gasteiger partial charge in [-0.2, -0.15) is 0 Å². The van der Waals surface area contributed by atoms with Crippen molar-refractivity contribution in [2.45, 2.75) is 38.6 Å². The zero-order chi connectivity index (χ0) is 12.0. The van der Waals surface area contributed by atoms with Gasteiger partial charge in [0, 0.05) is 6.54 Å². The normalized spacial score (nSPS) is 20.7. The molecule has 1 saturated heterocycles. The maximum Gasteiger partial charge on any atom is 0.236 e. The standard InChI is InChI=1S/C12H25N3O/c1-3-11(13)12(16)14-7-4-10-5-8-15(2)9-6-10/h10-11H,3-9,13H2,1-2H3,(H,14,16). The highest BCUT2D eigenvalue weighted by molar-refractivity contribution is 5.81. The van der Waals surface area contributed by atoms with E-state index >= 15 is 0 Å². The molecule has 0 saturated carbocycles. The Morgan fingerprint density at radius 2 is 2.12 bits per heavy atom. The summed E-state index contributed by atoms with van der Waals surface area (Å²) in [6, 6.07) is -0.336. The molecule has 1 aliphatic heterocycles. The maximum absolute atomic E-state index is 11.4. The molecule has 1 atom stereocenters. The lowest BCUT2D eigenvalue weighted by atomic mass is 9.94. The molecule has 1 heterocycles. The fourth-order valence-electron chi connectivity index (χ4n) is 2.07. The highest BCUT2D eigenvalue weighted by Gasteiger charge is 2.17. The number of nitrogens with two attached hydrogens (primary N) is 1. The average Bonchev–Trinajstić information content (AvgIpc) is 2.30. The Kier molecular flexibility index (Phi) is 5.77. The van der Waals surface area contributed by atoms with Gasteiger partial charge in [-0.3, -0.25) is 4.79 Å². The molecule has 0 aromatic carbocycles. The predicted molar refractivity (Wildman–Crippen MR) is 66.1 cm³/mol. The van der Waals surface area contributed by atoms with Crippen LogP contribution in [0.15, 0.2) is 0 Å². The van der Waals surface area contributed by atoms with Crippen molar-refractivity contribution in [3.8, 4) is 0 Å². The number of nitrogens with zero attached hydrogens (tertiary/aromatic N) is 1. The average molecular weight is 227 g/mol. The molecule has 0 radical (unpaired) electrons. The molecule has 0 aromatic rings. The molecule has 0 aliphatic carbocycles. The molecule has 1 amide bonds. The molecule has 0 spiro atoms. The van der Waals surface area contributed by atoms with Crippen LogP contribution in [0.1, 0.15) is 32.6 Å². The number of amides is 1. The molecular formula is C12H25N3O. The van der Waals surface area contributed by atoms with Crippen molar-refractivity contribution in [2.24, 2.45) is 11.7 Å². The highest BCUT2D eigenvalue weighted by Crippen LogP contribution is 2.18. The van der Waals surface area contributed by atoms with Crippen molar-refractivity contribution in [3.63, 3.8) is 0 Å². The van der Waals surface area contributed by atoms with E-state index in [9.17, 15) is 4.79 Å². The van der Waals surface area contributed by atoms with E-state index in [4.69, 9.17) is 5.73 Å². The van der Waals surface area contributed by atoms with E-state index in [1.54, 1.807) is 0 Å². The summed E-state index contributed by atoms with van der Waals surface area (Å²) in [5, 5.41) is 2.91. The van der Waals surface area contributed by atoms with Crippen LogP contribution in [-0.2, 0) is 4.79 Å². The lowest BCUT2D eigenvalue weighted by Crippen LogP contribution is -2.41. The van der Waals surface area contributed by atoms with Gasteiger partial charge >= 0.3 is 0 Å². The monoisotopic (exact) mass is 227 g/mol. The smallest absolute Gasteiger partial charge is 0.236 e. The van der Waals surface area contributed by atoms with E-state index < -0.39 is 0 Å². The van der Waals surface area contributed by atoms with Crippen LogP contribution >= 0.6 is 0 Å². The number of rotatable bonds is 5. The third kappa shape index (κ3) is 4.49. The Bertz CT molecular complexity index is 212. The highest BCUT2D eigenvalue weighted by atomic mass is 16.2. The Balaban J connectivity index is 2.09. The molecule has 1 unspecified atom stereocenters.